The second kappa shape index (κ2) is 13.6. The highest BCUT2D eigenvalue weighted by atomic mass is 16.5. The number of aromatic nitrogens is 2. The van der Waals surface area contributed by atoms with E-state index >= 15 is 0 Å². The molecule has 228 valence electrons. The van der Waals surface area contributed by atoms with E-state index in [-0.39, 0.29) is 25.0 Å². The largest absolute Gasteiger partial charge is 0.493 e. The Morgan fingerprint density at radius 2 is 1.40 bits per heavy atom. The van der Waals surface area contributed by atoms with Crippen LogP contribution < -0.4 is 14.8 Å². The van der Waals surface area contributed by atoms with Crippen LogP contribution in [0.2, 0.25) is 0 Å². The van der Waals surface area contributed by atoms with Gasteiger partial charge in [-0.3, -0.25) is 0 Å². The Morgan fingerprint density at radius 3 is 1.91 bits per heavy atom. The summed E-state index contributed by atoms with van der Waals surface area (Å²) in [6.45, 7) is 12.0. The number of carbonyl (C=O) groups is 2. The van der Waals surface area contributed by atoms with Crippen LogP contribution >= 0.6 is 0 Å². The molecule has 0 saturated carbocycles. The Kier molecular flexibility index (Phi) is 9.95. The third-order valence-electron chi connectivity index (χ3n) is 7.03. The fourth-order valence-corrected chi connectivity index (χ4v) is 5.01. The molecule has 1 aliphatic heterocycles. The summed E-state index contributed by atoms with van der Waals surface area (Å²) >= 11 is 0. The number of rotatable bonds is 11. The standard InChI is InChI=1S/C34H41N3O6/c1-20(2)18-42-33(38)29-22(5)35-23(6)30(34(39)43-19-21(3)4)31(29)26-17-37(25-12-10-9-11-13-25)36-32(26)24-14-15-27(40-7)28(16-24)41-8/h9-17,20-21,31,35H,18-19H2,1-8H3. The van der Waals surface area contributed by atoms with Gasteiger partial charge in [0.25, 0.3) is 0 Å². The summed E-state index contributed by atoms with van der Waals surface area (Å²) < 4.78 is 24.3. The van der Waals surface area contributed by atoms with Gasteiger partial charge in [0.05, 0.1) is 55.9 Å². The monoisotopic (exact) mass is 587 g/mol. The lowest BCUT2D eigenvalue weighted by atomic mass is 9.79. The van der Waals surface area contributed by atoms with Crippen molar-refractivity contribution in [1.82, 2.24) is 15.1 Å². The second-order valence-corrected chi connectivity index (χ2v) is 11.4. The summed E-state index contributed by atoms with van der Waals surface area (Å²) in [4.78, 5) is 27.6. The number of ether oxygens (including phenoxy) is 4. The van der Waals surface area contributed by atoms with E-state index in [4.69, 9.17) is 24.0 Å². The van der Waals surface area contributed by atoms with E-state index in [0.29, 0.717) is 45.3 Å². The number of esters is 2. The highest BCUT2D eigenvalue weighted by molar-refractivity contribution is 6.00. The molecule has 1 aromatic heterocycles. The van der Waals surface area contributed by atoms with E-state index < -0.39 is 17.9 Å². The lowest BCUT2D eigenvalue weighted by molar-refractivity contribution is -0.141. The predicted octanol–water partition coefficient (Wildman–Crippen LogP) is 6.19. The van der Waals surface area contributed by atoms with Gasteiger partial charge in [-0.25, -0.2) is 14.3 Å². The first-order chi connectivity index (χ1) is 20.5. The third kappa shape index (κ3) is 6.93. The third-order valence-corrected chi connectivity index (χ3v) is 7.03. The van der Waals surface area contributed by atoms with Crippen LogP contribution in [0.1, 0.15) is 53.0 Å². The van der Waals surface area contributed by atoms with E-state index in [9.17, 15) is 9.59 Å². The maximum atomic E-state index is 13.8. The molecule has 2 aromatic carbocycles. The van der Waals surface area contributed by atoms with Gasteiger partial charge >= 0.3 is 11.9 Å². The van der Waals surface area contributed by atoms with Crippen LogP contribution in [0.25, 0.3) is 16.9 Å². The van der Waals surface area contributed by atoms with Gasteiger partial charge in [0, 0.05) is 28.7 Å². The molecule has 0 amide bonds. The van der Waals surface area contributed by atoms with Crippen LogP contribution in [0.3, 0.4) is 0 Å². The van der Waals surface area contributed by atoms with E-state index in [0.717, 1.165) is 11.3 Å². The summed E-state index contributed by atoms with van der Waals surface area (Å²) in [7, 11) is 3.15. The number of nitrogens with one attached hydrogen (secondary N) is 1. The van der Waals surface area contributed by atoms with Crippen molar-refractivity contribution >= 4 is 11.9 Å². The van der Waals surface area contributed by atoms with Crippen LogP contribution in [-0.4, -0.2) is 49.2 Å². The number of methoxy groups -OCH3 is 2. The molecule has 3 aromatic rings. The Balaban J connectivity index is 1.99. The summed E-state index contributed by atoms with van der Waals surface area (Å²) in [5, 5.41) is 8.23. The molecule has 2 heterocycles. The van der Waals surface area contributed by atoms with Crippen molar-refractivity contribution in [3.8, 4) is 28.4 Å². The first kappa shape index (κ1) is 31.4. The van der Waals surface area contributed by atoms with Gasteiger partial charge in [0.2, 0.25) is 0 Å². The zero-order chi connectivity index (χ0) is 31.3. The van der Waals surface area contributed by atoms with E-state index in [1.165, 1.54) is 0 Å². The van der Waals surface area contributed by atoms with Crippen molar-refractivity contribution < 1.29 is 28.5 Å². The van der Waals surface area contributed by atoms with Crippen LogP contribution in [0.4, 0.5) is 0 Å². The molecule has 4 rings (SSSR count). The summed E-state index contributed by atoms with van der Waals surface area (Å²) in [6.07, 6.45) is 1.86. The summed E-state index contributed by atoms with van der Waals surface area (Å²) in [6, 6.07) is 15.2. The molecule has 0 unspecified atom stereocenters. The Morgan fingerprint density at radius 1 is 0.837 bits per heavy atom. The van der Waals surface area contributed by atoms with Crippen LogP contribution in [0.15, 0.2) is 77.3 Å². The van der Waals surface area contributed by atoms with Crippen molar-refractivity contribution in [1.29, 1.82) is 0 Å². The number of hydrogen-bond acceptors (Lipinski definition) is 8. The number of para-hydroxylation sites is 1. The smallest absolute Gasteiger partial charge is 0.336 e. The van der Waals surface area contributed by atoms with Crippen molar-refractivity contribution in [2.24, 2.45) is 11.8 Å². The van der Waals surface area contributed by atoms with Crippen molar-refractivity contribution in [2.75, 3.05) is 27.4 Å². The Labute approximate surface area is 253 Å². The lowest BCUT2D eigenvalue weighted by Gasteiger charge is -2.30. The topological polar surface area (TPSA) is 101 Å². The average Bonchev–Trinajstić information content (AvgIpc) is 3.43. The number of benzene rings is 2. The first-order valence-electron chi connectivity index (χ1n) is 14.5. The minimum absolute atomic E-state index is 0.135. The Hall–Kier alpha value is -4.53. The molecule has 0 atom stereocenters. The molecule has 0 saturated heterocycles. The molecule has 0 bridgehead atoms. The van der Waals surface area contributed by atoms with Gasteiger partial charge in [0.15, 0.2) is 11.5 Å². The quantitative estimate of drug-likeness (QED) is 0.265. The van der Waals surface area contributed by atoms with Crippen LogP contribution in [0.5, 0.6) is 11.5 Å². The normalized spacial score (nSPS) is 13.8. The summed E-state index contributed by atoms with van der Waals surface area (Å²) in [5.41, 5.74) is 4.61. The second-order valence-electron chi connectivity index (χ2n) is 11.4. The highest BCUT2D eigenvalue weighted by Gasteiger charge is 2.40. The molecule has 1 aliphatic rings. The van der Waals surface area contributed by atoms with Crippen LogP contribution in [0, 0.1) is 11.8 Å². The highest BCUT2D eigenvalue weighted by Crippen LogP contribution is 2.44. The van der Waals surface area contributed by atoms with Gasteiger partial charge in [0.1, 0.15) is 0 Å². The fraction of sp³-hybridized carbons (Fsp3) is 0.382. The van der Waals surface area contributed by atoms with Gasteiger partial charge in [-0.15, -0.1) is 0 Å². The number of nitrogens with zero attached hydrogens (tertiary/aromatic N) is 2. The number of hydrogen-bond donors (Lipinski definition) is 1. The zero-order valence-electron chi connectivity index (χ0n) is 26.2. The number of allylic oxidation sites excluding steroid dienone is 2. The molecule has 0 radical (unpaired) electrons. The molecule has 9 nitrogen and oxygen atoms in total. The zero-order valence-corrected chi connectivity index (χ0v) is 26.2. The fourth-order valence-electron chi connectivity index (χ4n) is 5.01. The summed E-state index contributed by atoms with van der Waals surface area (Å²) in [5.74, 6) is -0.462. The van der Waals surface area contributed by atoms with Gasteiger partial charge in [-0.1, -0.05) is 45.9 Å². The van der Waals surface area contributed by atoms with Gasteiger partial charge in [-0.05, 0) is 56.0 Å². The van der Waals surface area contributed by atoms with Crippen molar-refractivity contribution in [2.45, 2.75) is 47.5 Å². The SMILES string of the molecule is COc1ccc(-c2nn(-c3ccccc3)cc2C2C(C(=O)OCC(C)C)=C(C)NC(C)=C2C(=O)OCC(C)C)cc1OC. The van der Waals surface area contributed by atoms with E-state index in [1.54, 1.807) is 25.0 Å². The maximum Gasteiger partial charge on any atom is 0.336 e. The molecule has 0 fully saturated rings. The number of carbonyl (C=O) groups excluding carboxylic acids is 2. The van der Waals surface area contributed by atoms with Gasteiger partial charge in [-0.2, -0.15) is 5.10 Å². The maximum absolute atomic E-state index is 13.8. The molecule has 9 heteroatoms. The average molecular weight is 588 g/mol. The molecular formula is C34H41N3O6. The minimum Gasteiger partial charge on any atom is -0.493 e. The van der Waals surface area contributed by atoms with Gasteiger partial charge < -0.3 is 24.3 Å². The lowest BCUT2D eigenvalue weighted by Crippen LogP contribution is -2.33. The minimum atomic E-state index is -0.818. The predicted molar refractivity (Wildman–Crippen MR) is 165 cm³/mol. The Bertz CT molecular complexity index is 1490. The van der Waals surface area contributed by atoms with Crippen LogP contribution in [-0.2, 0) is 19.1 Å². The molecule has 0 aliphatic carbocycles. The molecule has 1 N–H and O–H groups in total. The molecular weight excluding hydrogens is 546 g/mol. The van der Waals surface area contributed by atoms with Crippen molar-refractivity contribution in [3.05, 3.63) is 82.8 Å². The molecule has 43 heavy (non-hydrogen) atoms. The molecule has 0 spiro atoms. The van der Waals surface area contributed by atoms with E-state index in [1.807, 2.05) is 90.2 Å². The van der Waals surface area contributed by atoms with Crippen molar-refractivity contribution in [3.63, 3.8) is 0 Å². The number of dihydropyridines is 1. The van der Waals surface area contributed by atoms with E-state index in [2.05, 4.69) is 5.32 Å². The first-order valence-corrected chi connectivity index (χ1v) is 14.5.